The molecule has 2 aromatic heterocycles. The molecular weight excluding hydrogens is 898 g/mol. The summed E-state index contributed by atoms with van der Waals surface area (Å²) in [6.45, 7) is 6.53. The summed E-state index contributed by atoms with van der Waals surface area (Å²) in [5.41, 5.74) is 11.4. The van der Waals surface area contributed by atoms with Crippen LogP contribution in [0.4, 0.5) is 11.4 Å². The summed E-state index contributed by atoms with van der Waals surface area (Å²) in [5, 5.41) is 3.75. The molecule has 8 aromatic rings. The molecule has 0 radical (unpaired) electrons. The van der Waals surface area contributed by atoms with Gasteiger partial charge in [-0.25, -0.2) is 9.97 Å². The lowest BCUT2D eigenvalue weighted by Crippen LogP contribution is -2.43. The van der Waals surface area contributed by atoms with Crippen molar-refractivity contribution in [2.24, 2.45) is 0 Å². The fourth-order valence-electron chi connectivity index (χ4n) is 9.47. The lowest BCUT2D eigenvalue weighted by molar-refractivity contribution is 0.203. The van der Waals surface area contributed by atoms with E-state index >= 15 is 0 Å². The molecule has 10 heteroatoms. The van der Waals surface area contributed by atoms with E-state index in [-0.39, 0.29) is 24.8 Å². The summed E-state index contributed by atoms with van der Waals surface area (Å²) in [4.78, 5) is 19.9. The molecule has 0 N–H and O–H groups in total. The van der Waals surface area contributed by atoms with E-state index in [1.807, 2.05) is 36.4 Å². The number of benzene rings is 6. The maximum atomic E-state index is 6.32. The van der Waals surface area contributed by atoms with Gasteiger partial charge >= 0.3 is 0 Å². The van der Waals surface area contributed by atoms with Gasteiger partial charge in [-0.3, -0.25) is 9.80 Å². The Morgan fingerprint density at radius 2 is 0.788 bits per heavy atom. The molecule has 2 fully saturated rings. The monoisotopic (exact) mass is 954 g/mol. The molecule has 0 saturated carbocycles. The fraction of sp³-hybridized carbons (Fsp3) is 0.250. The summed E-state index contributed by atoms with van der Waals surface area (Å²) in [6, 6.07) is 59.9. The van der Waals surface area contributed by atoms with Gasteiger partial charge in [0, 0.05) is 109 Å². The highest BCUT2D eigenvalue weighted by atomic mass is 35.5. The third-order valence-electron chi connectivity index (χ3n) is 13.1. The number of pyridine rings is 2. The van der Waals surface area contributed by atoms with Crippen molar-refractivity contribution >= 4 is 81.2 Å². The molecule has 0 amide bonds. The normalized spacial score (nSPS) is 14.7. The Hall–Kier alpha value is -5.18. The van der Waals surface area contributed by atoms with E-state index in [9.17, 15) is 0 Å². The summed E-state index contributed by atoms with van der Waals surface area (Å²) in [7, 11) is 4.46. The van der Waals surface area contributed by atoms with Gasteiger partial charge < -0.3 is 9.80 Å². The molecule has 66 heavy (non-hydrogen) atoms. The highest BCUT2D eigenvalue weighted by Gasteiger charge is 2.26. The smallest absolute Gasteiger partial charge is 0.0745 e. The summed E-state index contributed by atoms with van der Waals surface area (Å²) in [6.07, 6.45) is 4.62. The Bertz CT molecular complexity index is 2570. The van der Waals surface area contributed by atoms with Crippen molar-refractivity contribution in [1.82, 2.24) is 19.8 Å². The van der Waals surface area contributed by atoms with Crippen molar-refractivity contribution in [2.75, 3.05) is 50.1 Å². The topological polar surface area (TPSA) is 38.7 Å². The van der Waals surface area contributed by atoms with Gasteiger partial charge in [-0.15, -0.1) is 24.8 Å². The lowest BCUT2D eigenvalue weighted by atomic mass is 10.0. The highest BCUT2D eigenvalue weighted by molar-refractivity contribution is 6.31. The van der Waals surface area contributed by atoms with Gasteiger partial charge in [0.05, 0.1) is 22.4 Å². The van der Waals surface area contributed by atoms with Gasteiger partial charge in [0.2, 0.25) is 0 Å². The van der Waals surface area contributed by atoms with Gasteiger partial charge in [-0.1, -0.05) is 145 Å². The Morgan fingerprint density at radius 1 is 0.455 bits per heavy atom. The Labute approximate surface area is 413 Å². The van der Waals surface area contributed by atoms with Crippen LogP contribution in [-0.4, -0.2) is 72.1 Å². The lowest BCUT2D eigenvalue weighted by Gasteiger charge is -2.38. The maximum Gasteiger partial charge on any atom is 0.0745 e. The number of aromatic nitrogens is 2. The van der Waals surface area contributed by atoms with E-state index < -0.39 is 0 Å². The number of halogens is 4. The first-order chi connectivity index (χ1) is 31.3. The number of anilines is 2. The highest BCUT2D eigenvalue weighted by Crippen LogP contribution is 2.36. The minimum absolute atomic E-state index is 0. The van der Waals surface area contributed by atoms with E-state index in [0.717, 1.165) is 119 Å². The van der Waals surface area contributed by atoms with E-state index in [2.05, 4.69) is 167 Å². The van der Waals surface area contributed by atoms with E-state index in [4.69, 9.17) is 33.2 Å². The SMILES string of the molecule is CN(c1cc(-c2ccccc2)nc2cc(Cl)ccc12)C1CCN(Cc2ccccc2)CC1.CN(c1cc(-c2ccccc2)nc2cc(Cl)ccc12)C1CCN(Cc2ccccc2)CC1.Cl.Cl. The average molecular weight is 957 g/mol. The number of fused-ring (bicyclic) bond motifs is 2. The van der Waals surface area contributed by atoms with Crippen molar-refractivity contribution in [1.29, 1.82) is 0 Å². The van der Waals surface area contributed by atoms with Gasteiger partial charge in [-0.2, -0.15) is 0 Å². The second kappa shape index (κ2) is 23.0. The second-order valence-corrected chi connectivity index (χ2v) is 18.2. The standard InChI is InChI=1S/2C28H28ClN3.2ClH/c2*1-31(24-14-16-32(17-15-24)20-21-8-4-2-5-9-21)28-19-26(22-10-6-3-7-11-22)30-27-18-23(29)12-13-25(27)28;;/h2*2-13,18-19,24H,14-17,20H2,1H3;2*1H. The number of piperidine rings is 2. The fourth-order valence-corrected chi connectivity index (χ4v) is 9.80. The predicted octanol–water partition coefficient (Wildman–Crippen LogP) is 14.2. The van der Waals surface area contributed by atoms with Gasteiger partial charge in [0.15, 0.2) is 0 Å². The molecular formula is C56H58Cl4N6. The molecule has 4 heterocycles. The molecule has 340 valence electrons. The van der Waals surface area contributed by atoms with Crippen molar-refractivity contribution in [2.45, 2.75) is 50.9 Å². The molecule has 2 aliphatic heterocycles. The van der Waals surface area contributed by atoms with Crippen LogP contribution in [0.5, 0.6) is 0 Å². The molecule has 10 rings (SSSR count). The predicted molar refractivity (Wildman–Crippen MR) is 285 cm³/mol. The minimum atomic E-state index is 0. The quantitative estimate of drug-likeness (QED) is 0.136. The summed E-state index contributed by atoms with van der Waals surface area (Å²) < 4.78 is 0. The average Bonchev–Trinajstić information content (AvgIpc) is 3.34. The molecule has 6 aromatic carbocycles. The summed E-state index contributed by atoms with van der Waals surface area (Å²) >= 11 is 12.6. The van der Waals surface area contributed by atoms with Crippen LogP contribution in [-0.2, 0) is 13.1 Å². The molecule has 2 saturated heterocycles. The zero-order chi connectivity index (χ0) is 43.8. The first-order valence-corrected chi connectivity index (χ1v) is 23.4. The zero-order valence-corrected chi connectivity index (χ0v) is 40.8. The van der Waals surface area contributed by atoms with Crippen LogP contribution in [0, 0.1) is 0 Å². The van der Waals surface area contributed by atoms with E-state index in [1.165, 1.54) is 22.5 Å². The molecule has 0 atom stereocenters. The summed E-state index contributed by atoms with van der Waals surface area (Å²) in [5.74, 6) is 0. The van der Waals surface area contributed by atoms with Gasteiger partial charge in [0.25, 0.3) is 0 Å². The number of hydrogen-bond donors (Lipinski definition) is 0. The second-order valence-electron chi connectivity index (χ2n) is 17.3. The molecule has 0 unspecified atom stereocenters. The van der Waals surface area contributed by atoms with Crippen molar-refractivity contribution < 1.29 is 0 Å². The zero-order valence-electron chi connectivity index (χ0n) is 37.6. The Balaban J connectivity index is 0.000000191. The van der Waals surface area contributed by atoms with Crippen molar-refractivity contribution in [3.63, 3.8) is 0 Å². The van der Waals surface area contributed by atoms with Crippen LogP contribution < -0.4 is 9.80 Å². The number of rotatable bonds is 10. The molecule has 6 nitrogen and oxygen atoms in total. The first kappa shape index (κ1) is 48.7. The molecule has 0 bridgehead atoms. The Kier molecular flexibility index (Phi) is 17.0. The maximum absolute atomic E-state index is 6.32. The van der Waals surface area contributed by atoms with Crippen LogP contribution in [0.15, 0.2) is 170 Å². The number of hydrogen-bond acceptors (Lipinski definition) is 6. The van der Waals surface area contributed by atoms with Crippen LogP contribution in [0.3, 0.4) is 0 Å². The minimum Gasteiger partial charge on any atom is -0.371 e. The third-order valence-corrected chi connectivity index (χ3v) is 13.6. The Morgan fingerprint density at radius 3 is 1.14 bits per heavy atom. The number of likely N-dealkylation sites (tertiary alicyclic amines) is 2. The molecule has 2 aliphatic rings. The van der Waals surface area contributed by atoms with Crippen LogP contribution in [0.25, 0.3) is 44.3 Å². The van der Waals surface area contributed by atoms with Crippen molar-refractivity contribution in [3.8, 4) is 22.5 Å². The largest absolute Gasteiger partial charge is 0.371 e. The van der Waals surface area contributed by atoms with Gasteiger partial charge in [-0.05, 0) is 85.3 Å². The third kappa shape index (κ3) is 11.8. The first-order valence-electron chi connectivity index (χ1n) is 22.6. The molecule has 0 spiro atoms. The van der Waals surface area contributed by atoms with Gasteiger partial charge in [0.1, 0.15) is 0 Å². The van der Waals surface area contributed by atoms with Crippen LogP contribution in [0.2, 0.25) is 10.0 Å². The van der Waals surface area contributed by atoms with Crippen molar-refractivity contribution in [3.05, 3.63) is 191 Å². The van der Waals surface area contributed by atoms with Crippen LogP contribution in [0.1, 0.15) is 36.8 Å². The molecule has 0 aliphatic carbocycles. The van der Waals surface area contributed by atoms with E-state index in [0.29, 0.717) is 12.1 Å². The van der Waals surface area contributed by atoms with E-state index in [1.54, 1.807) is 0 Å². The number of nitrogens with zero attached hydrogens (tertiary/aromatic N) is 6. The van der Waals surface area contributed by atoms with Crippen LogP contribution >= 0.6 is 48.0 Å².